The molecule has 1 unspecified atom stereocenters. The average molecular weight is 425 g/mol. The Hall–Kier alpha value is -2.13. The molecule has 2 nitrogen and oxygen atoms in total. The maximum absolute atomic E-state index is 12.3. The second-order valence-corrected chi connectivity index (χ2v) is 8.35. The van der Waals surface area contributed by atoms with Crippen molar-refractivity contribution >= 4 is 29.0 Å². The van der Waals surface area contributed by atoms with Crippen LogP contribution in [0.2, 0.25) is 10.0 Å². The lowest BCUT2D eigenvalue weighted by Gasteiger charge is -2.16. The largest absolute Gasteiger partial charge is 0.396 e. The van der Waals surface area contributed by atoms with Gasteiger partial charge in [-0.15, -0.1) is 0 Å². The van der Waals surface area contributed by atoms with Gasteiger partial charge in [-0.3, -0.25) is 4.79 Å². The van der Waals surface area contributed by atoms with E-state index in [0.29, 0.717) is 23.4 Å². The van der Waals surface area contributed by atoms with E-state index < -0.39 is 0 Å². The van der Waals surface area contributed by atoms with Gasteiger partial charge in [0, 0.05) is 34.6 Å². The number of aliphatic hydroxyl groups excluding tert-OH is 1. The maximum Gasteiger partial charge on any atom is 0.162 e. The summed E-state index contributed by atoms with van der Waals surface area (Å²) in [5.74, 6) is 0.288. The lowest BCUT2D eigenvalue weighted by atomic mass is 9.90. The van der Waals surface area contributed by atoms with Crippen molar-refractivity contribution in [3.05, 3.63) is 93.0 Å². The van der Waals surface area contributed by atoms with Crippen LogP contribution in [0, 0.1) is 0 Å². The number of fused-ring (bicyclic) bond motifs is 1. The number of ketones is 1. The number of Topliss-reactive ketones (excluding diaryl/α,β-unsaturated/α-hetero) is 1. The van der Waals surface area contributed by atoms with Crippen LogP contribution >= 0.6 is 23.2 Å². The molecular formula is C25H22Cl2O2. The highest BCUT2D eigenvalue weighted by Gasteiger charge is 2.26. The molecular weight excluding hydrogens is 403 g/mol. The van der Waals surface area contributed by atoms with Gasteiger partial charge < -0.3 is 5.11 Å². The molecule has 1 aliphatic carbocycles. The van der Waals surface area contributed by atoms with Crippen molar-refractivity contribution in [3.8, 4) is 11.1 Å². The average Bonchev–Trinajstić information content (AvgIpc) is 3.17. The fourth-order valence-electron chi connectivity index (χ4n) is 4.14. The monoisotopic (exact) mass is 424 g/mol. The normalized spacial score (nSPS) is 15.3. The van der Waals surface area contributed by atoms with Gasteiger partial charge in [0.2, 0.25) is 0 Å². The predicted octanol–water partition coefficient (Wildman–Crippen LogP) is 6.69. The molecule has 0 fully saturated rings. The van der Waals surface area contributed by atoms with Gasteiger partial charge in [-0.05, 0) is 71.3 Å². The second-order valence-electron chi connectivity index (χ2n) is 7.50. The molecule has 3 aromatic carbocycles. The van der Waals surface area contributed by atoms with Crippen LogP contribution in [0.15, 0.2) is 60.7 Å². The molecule has 0 aromatic heterocycles. The standard InChI is InChI=1S/C25H22Cl2O2/c26-20-9-11-24(27)23(15-20)21-10-8-16-6-7-18(14-22(16)21)17-3-1-4-19(13-17)25(29)5-2-12-28/h1,3-4,6-7,9,11,13-15,21,28H,2,5,8,10,12H2. The van der Waals surface area contributed by atoms with Gasteiger partial charge in [0.1, 0.15) is 0 Å². The zero-order chi connectivity index (χ0) is 20.4. The zero-order valence-corrected chi connectivity index (χ0v) is 17.5. The van der Waals surface area contributed by atoms with E-state index in [1.54, 1.807) is 0 Å². The third-order valence-corrected chi connectivity index (χ3v) is 6.22. The van der Waals surface area contributed by atoms with Crippen LogP contribution in [-0.2, 0) is 6.42 Å². The second kappa shape index (κ2) is 8.71. The Balaban J connectivity index is 1.69. The number of aliphatic hydroxyl groups is 1. The van der Waals surface area contributed by atoms with Crippen molar-refractivity contribution in [2.45, 2.75) is 31.6 Å². The van der Waals surface area contributed by atoms with Crippen LogP contribution in [0.1, 0.15) is 52.2 Å². The summed E-state index contributed by atoms with van der Waals surface area (Å²) in [6, 6.07) is 19.9. The molecule has 0 saturated heterocycles. The number of hydrogen-bond acceptors (Lipinski definition) is 2. The van der Waals surface area contributed by atoms with Gasteiger partial charge in [0.25, 0.3) is 0 Å². The van der Waals surface area contributed by atoms with Crippen molar-refractivity contribution in [2.24, 2.45) is 0 Å². The summed E-state index contributed by atoms with van der Waals surface area (Å²) < 4.78 is 0. The SMILES string of the molecule is O=C(CCCO)c1cccc(-c2ccc3c(c2)C(c2cc(Cl)ccc2Cl)CC3)c1. The van der Waals surface area contributed by atoms with Gasteiger partial charge in [0.05, 0.1) is 0 Å². The topological polar surface area (TPSA) is 37.3 Å². The van der Waals surface area contributed by atoms with Gasteiger partial charge in [-0.2, -0.15) is 0 Å². The van der Waals surface area contributed by atoms with Crippen molar-refractivity contribution in [1.29, 1.82) is 0 Å². The maximum atomic E-state index is 12.3. The van der Waals surface area contributed by atoms with E-state index in [1.165, 1.54) is 11.1 Å². The van der Waals surface area contributed by atoms with Crippen LogP contribution in [-0.4, -0.2) is 17.5 Å². The van der Waals surface area contributed by atoms with Crippen molar-refractivity contribution in [2.75, 3.05) is 6.61 Å². The first-order valence-corrected chi connectivity index (χ1v) is 10.6. The molecule has 0 radical (unpaired) electrons. The lowest BCUT2D eigenvalue weighted by Crippen LogP contribution is -2.01. The van der Waals surface area contributed by atoms with E-state index in [4.69, 9.17) is 28.3 Å². The number of aryl methyl sites for hydroxylation is 1. The number of benzene rings is 3. The van der Waals surface area contributed by atoms with Crippen LogP contribution in [0.25, 0.3) is 11.1 Å². The quantitative estimate of drug-likeness (QED) is 0.447. The molecule has 4 rings (SSSR count). The van der Waals surface area contributed by atoms with Gasteiger partial charge >= 0.3 is 0 Å². The molecule has 1 N–H and O–H groups in total. The van der Waals surface area contributed by atoms with E-state index >= 15 is 0 Å². The first-order valence-electron chi connectivity index (χ1n) is 9.89. The fourth-order valence-corrected chi connectivity index (χ4v) is 4.57. The molecule has 0 heterocycles. The van der Waals surface area contributed by atoms with E-state index in [2.05, 4.69) is 18.2 Å². The van der Waals surface area contributed by atoms with Crippen molar-refractivity contribution < 1.29 is 9.90 Å². The van der Waals surface area contributed by atoms with E-state index in [9.17, 15) is 4.79 Å². The number of carbonyl (C=O) groups is 1. The molecule has 1 aliphatic rings. The third kappa shape index (κ3) is 4.25. The predicted molar refractivity (Wildman–Crippen MR) is 119 cm³/mol. The van der Waals surface area contributed by atoms with E-state index in [1.807, 2.05) is 42.5 Å². The molecule has 4 heteroatoms. The molecule has 0 spiro atoms. The summed E-state index contributed by atoms with van der Waals surface area (Å²) in [5, 5.41) is 10.4. The van der Waals surface area contributed by atoms with E-state index in [-0.39, 0.29) is 18.3 Å². The highest BCUT2D eigenvalue weighted by molar-refractivity contribution is 6.33. The minimum Gasteiger partial charge on any atom is -0.396 e. The molecule has 0 aliphatic heterocycles. The Bertz CT molecular complexity index is 1060. The van der Waals surface area contributed by atoms with Crippen LogP contribution in [0.3, 0.4) is 0 Å². The highest BCUT2D eigenvalue weighted by atomic mass is 35.5. The first kappa shape index (κ1) is 20.2. The van der Waals surface area contributed by atoms with Crippen LogP contribution in [0.5, 0.6) is 0 Å². The zero-order valence-electron chi connectivity index (χ0n) is 16.0. The van der Waals surface area contributed by atoms with Gasteiger partial charge in [-0.25, -0.2) is 0 Å². The Morgan fingerprint density at radius 3 is 2.62 bits per heavy atom. The molecule has 1 atom stereocenters. The minimum absolute atomic E-state index is 0.0315. The van der Waals surface area contributed by atoms with Gasteiger partial charge in [-0.1, -0.05) is 59.6 Å². The van der Waals surface area contributed by atoms with Crippen LogP contribution in [0.4, 0.5) is 0 Å². The van der Waals surface area contributed by atoms with Crippen LogP contribution < -0.4 is 0 Å². The van der Waals surface area contributed by atoms with Gasteiger partial charge in [0.15, 0.2) is 5.78 Å². The Morgan fingerprint density at radius 1 is 0.966 bits per heavy atom. The Labute approximate surface area is 181 Å². The smallest absolute Gasteiger partial charge is 0.162 e. The summed E-state index contributed by atoms with van der Waals surface area (Å²) in [6.07, 6.45) is 2.88. The molecule has 0 amide bonds. The summed E-state index contributed by atoms with van der Waals surface area (Å²) in [4.78, 5) is 12.3. The summed E-state index contributed by atoms with van der Waals surface area (Å²) in [5.41, 5.74) is 6.48. The Kier molecular flexibility index (Phi) is 6.05. The molecule has 148 valence electrons. The fraction of sp³-hybridized carbons (Fsp3) is 0.240. The molecule has 0 bridgehead atoms. The molecule has 0 saturated carbocycles. The van der Waals surface area contributed by atoms with Crippen molar-refractivity contribution in [1.82, 2.24) is 0 Å². The lowest BCUT2D eigenvalue weighted by molar-refractivity contribution is 0.0971. The van der Waals surface area contributed by atoms with E-state index in [0.717, 1.165) is 34.6 Å². The minimum atomic E-state index is 0.0315. The number of carbonyl (C=O) groups excluding carboxylic acids is 1. The summed E-state index contributed by atoms with van der Waals surface area (Å²) >= 11 is 12.7. The van der Waals surface area contributed by atoms with Crippen molar-refractivity contribution in [3.63, 3.8) is 0 Å². The number of halogens is 2. The highest BCUT2D eigenvalue weighted by Crippen LogP contribution is 2.43. The summed E-state index contributed by atoms with van der Waals surface area (Å²) in [6.45, 7) is 0.0315. The summed E-state index contributed by atoms with van der Waals surface area (Å²) in [7, 11) is 0. The molecule has 29 heavy (non-hydrogen) atoms. The number of hydrogen-bond donors (Lipinski definition) is 1. The first-order chi connectivity index (χ1) is 14.1. The Morgan fingerprint density at radius 2 is 1.79 bits per heavy atom. The number of rotatable bonds is 6. The third-order valence-electron chi connectivity index (χ3n) is 5.64. The molecule has 3 aromatic rings.